The average molecular weight is 481 g/mol. The maximum atomic E-state index is 13.1. The molecule has 178 valence electrons. The number of nitrogens with one attached hydrogen (secondary N) is 1. The molecule has 1 fully saturated rings. The van der Waals surface area contributed by atoms with Crippen molar-refractivity contribution in [3.05, 3.63) is 72.3 Å². The second-order valence-corrected chi connectivity index (χ2v) is 10.0. The monoisotopic (exact) mass is 480 g/mol. The predicted molar refractivity (Wildman–Crippen MR) is 131 cm³/mol. The lowest BCUT2D eigenvalue weighted by Gasteiger charge is -2.33. The fourth-order valence-corrected chi connectivity index (χ4v) is 5.56. The Bertz CT molecular complexity index is 1190. The molecule has 3 aromatic carbocycles. The van der Waals surface area contributed by atoms with Crippen LogP contribution < -0.4 is 15.8 Å². The van der Waals surface area contributed by atoms with Crippen molar-refractivity contribution in [2.45, 2.75) is 28.9 Å². The molecular weight excluding hydrogens is 452 g/mol. The third-order valence-corrected chi connectivity index (χ3v) is 8.05. The molecule has 7 nitrogen and oxygen atoms in total. The number of ether oxygens (including phenoxy) is 2. The smallest absolute Gasteiger partial charge is 0.251 e. The van der Waals surface area contributed by atoms with Gasteiger partial charge in [0, 0.05) is 30.2 Å². The minimum absolute atomic E-state index is 0.117. The van der Waals surface area contributed by atoms with Crippen LogP contribution in [0.5, 0.6) is 5.75 Å². The molecule has 3 aromatic rings. The van der Waals surface area contributed by atoms with Crippen LogP contribution in [0, 0.1) is 0 Å². The summed E-state index contributed by atoms with van der Waals surface area (Å²) < 4.78 is 23.1. The van der Waals surface area contributed by atoms with Gasteiger partial charge in [-0.15, -0.1) is 0 Å². The van der Waals surface area contributed by atoms with Gasteiger partial charge in [-0.05, 0) is 66.4 Å². The average Bonchev–Trinajstić information content (AvgIpc) is 2.88. The topological polar surface area (TPSA) is 108 Å². The highest BCUT2D eigenvalue weighted by Crippen LogP contribution is 2.32. The number of hydrogen-bond acceptors (Lipinski definition) is 5. The quantitative estimate of drug-likeness (QED) is 0.458. The van der Waals surface area contributed by atoms with Gasteiger partial charge in [0.15, 0.2) is 0 Å². The Balaban J connectivity index is 1.24. The number of rotatable bonds is 9. The Kier molecular flexibility index (Phi) is 7.59. The summed E-state index contributed by atoms with van der Waals surface area (Å²) in [4.78, 5) is 25.0. The van der Waals surface area contributed by atoms with Crippen molar-refractivity contribution in [3.63, 3.8) is 0 Å². The molecule has 0 spiro atoms. The van der Waals surface area contributed by atoms with E-state index >= 15 is 0 Å². The maximum Gasteiger partial charge on any atom is 0.251 e. The van der Waals surface area contributed by atoms with E-state index in [-0.39, 0.29) is 5.91 Å². The zero-order valence-corrected chi connectivity index (χ0v) is 19.6. The number of hydrogen-bond donors (Lipinski definition) is 2. The van der Waals surface area contributed by atoms with Gasteiger partial charge in [-0.25, -0.2) is 0 Å². The van der Waals surface area contributed by atoms with Gasteiger partial charge in [0.25, 0.3) is 5.91 Å². The van der Waals surface area contributed by atoms with Crippen molar-refractivity contribution in [1.29, 1.82) is 0 Å². The van der Waals surface area contributed by atoms with E-state index in [1.165, 1.54) is 0 Å². The van der Waals surface area contributed by atoms with E-state index in [0.29, 0.717) is 61.8 Å². The number of nitrogens with two attached hydrogens (primary N) is 1. The lowest BCUT2D eigenvalue weighted by molar-refractivity contribution is -0.122. The second-order valence-electron chi connectivity index (χ2n) is 8.23. The van der Waals surface area contributed by atoms with E-state index < -0.39 is 21.5 Å². The zero-order valence-electron chi connectivity index (χ0n) is 18.8. The van der Waals surface area contributed by atoms with Gasteiger partial charge < -0.3 is 20.5 Å². The van der Waals surface area contributed by atoms with Crippen LogP contribution in [-0.2, 0) is 20.3 Å². The van der Waals surface area contributed by atoms with Crippen molar-refractivity contribution in [2.75, 3.05) is 26.4 Å². The van der Waals surface area contributed by atoms with Gasteiger partial charge in [-0.1, -0.05) is 30.3 Å². The SMILES string of the molecule is NC(=O)C1(S(=O)c2ccc(OCCCNC(=O)c3ccc4ccccc4c3)cc2)CCOCC1. The van der Waals surface area contributed by atoms with Crippen molar-refractivity contribution >= 4 is 33.4 Å². The summed E-state index contributed by atoms with van der Waals surface area (Å²) in [6, 6.07) is 20.4. The molecule has 1 unspecified atom stereocenters. The number of carbonyl (C=O) groups excluding carboxylic acids is 2. The highest BCUT2D eigenvalue weighted by Gasteiger charge is 2.45. The summed E-state index contributed by atoms with van der Waals surface area (Å²) in [5, 5.41) is 5.04. The van der Waals surface area contributed by atoms with Gasteiger partial charge in [0.1, 0.15) is 10.5 Å². The third-order valence-electron chi connectivity index (χ3n) is 6.03. The lowest BCUT2D eigenvalue weighted by atomic mass is 9.98. The third kappa shape index (κ3) is 5.29. The first-order valence-corrected chi connectivity index (χ1v) is 12.4. The van der Waals surface area contributed by atoms with Gasteiger partial charge in [0.2, 0.25) is 5.91 Å². The van der Waals surface area contributed by atoms with E-state index in [2.05, 4.69) is 5.32 Å². The van der Waals surface area contributed by atoms with Crippen molar-refractivity contribution in [1.82, 2.24) is 5.32 Å². The molecule has 1 heterocycles. The predicted octanol–water partition coefficient (Wildman–Crippen LogP) is 3.18. The van der Waals surface area contributed by atoms with Crippen LogP contribution in [0.4, 0.5) is 0 Å². The summed E-state index contributed by atoms with van der Waals surface area (Å²) in [5.41, 5.74) is 6.23. The Morgan fingerprint density at radius 2 is 1.71 bits per heavy atom. The minimum atomic E-state index is -1.57. The van der Waals surface area contributed by atoms with Crippen LogP contribution in [0.2, 0.25) is 0 Å². The van der Waals surface area contributed by atoms with Crippen LogP contribution >= 0.6 is 0 Å². The molecule has 0 bridgehead atoms. The molecule has 2 amide bonds. The van der Waals surface area contributed by atoms with E-state index in [9.17, 15) is 13.8 Å². The standard InChI is InChI=1S/C26H28N2O5S/c27-25(30)26(12-16-32-17-13-26)34(31)23-10-8-22(9-11-23)33-15-3-14-28-24(29)21-7-6-19-4-1-2-5-20(19)18-21/h1-2,4-11,18H,3,12-17H2,(H2,27,30)(H,28,29). The van der Waals surface area contributed by atoms with Gasteiger partial charge in [-0.3, -0.25) is 13.8 Å². The highest BCUT2D eigenvalue weighted by atomic mass is 32.2. The molecule has 4 rings (SSSR count). The molecule has 3 N–H and O–H groups in total. The summed E-state index contributed by atoms with van der Waals surface area (Å²) in [5.74, 6) is -0.0454. The van der Waals surface area contributed by atoms with Crippen LogP contribution in [-0.4, -0.2) is 47.1 Å². The fraction of sp³-hybridized carbons (Fsp3) is 0.308. The van der Waals surface area contributed by atoms with E-state index in [1.807, 2.05) is 42.5 Å². The number of carbonyl (C=O) groups is 2. The molecule has 34 heavy (non-hydrogen) atoms. The Hall–Kier alpha value is -3.23. The van der Waals surface area contributed by atoms with E-state index in [4.69, 9.17) is 15.2 Å². The molecule has 0 saturated carbocycles. The van der Waals surface area contributed by atoms with Crippen molar-refractivity contribution in [3.8, 4) is 5.75 Å². The number of primary amides is 1. The summed E-state index contributed by atoms with van der Waals surface area (Å²) in [7, 11) is -1.57. The number of benzene rings is 3. The van der Waals surface area contributed by atoms with Crippen molar-refractivity contribution < 1.29 is 23.3 Å². The normalized spacial score (nSPS) is 16.0. The molecule has 1 aliphatic rings. The summed E-state index contributed by atoms with van der Waals surface area (Å²) in [6.45, 7) is 1.64. The maximum absolute atomic E-state index is 13.1. The molecular formula is C26H28N2O5S. The summed E-state index contributed by atoms with van der Waals surface area (Å²) >= 11 is 0. The Morgan fingerprint density at radius 1 is 1.00 bits per heavy atom. The highest BCUT2D eigenvalue weighted by molar-refractivity contribution is 7.87. The first kappa shape index (κ1) is 23.9. The molecule has 1 saturated heterocycles. The van der Waals surface area contributed by atoms with Crippen LogP contribution in [0.1, 0.15) is 29.6 Å². The van der Waals surface area contributed by atoms with Crippen LogP contribution in [0.3, 0.4) is 0 Å². The van der Waals surface area contributed by atoms with Crippen LogP contribution in [0.15, 0.2) is 71.6 Å². The van der Waals surface area contributed by atoms with Gasteiger partial charge in [-0.2, -0.15) is 0 Å². The van der Waals surface area contributed by atoms with E-state index in [0.717, 1.165) is 10.8 Å². The Labute approximate surface area is 201 Å². The first-order valence-electron chi connectivity index (χ1n) is 11.3. The summed E-state index contributed by atoms with van der Waals surface area (Å²) in [6.07, 6.45) is 1.33. The molecule has 0 aliphatic carbocycles. The van der Waals surface area contributed by atoms with Gasteiger partial charge in [0.05, 0.1) is 17.4 Å². The molecule has 0 radical (unpaired) electrons. The molecule has 8 heteroatoms. The largest absolute Gasteiger partial charge is 0.494 e. The van der Waals surface area contributed by atoms with E-state index in [1.54, 1.807) is 24.3 Å². The van der Waals surface area contributed by atoms with Gasteiger partial charge >= 0.3 is 0 Å². The molecule has 1 atom stereocenters. The van der Waals surface area contributed by atoms with Crippen molar-refractivity contribution in [2.24, 2.45) is 5.73 Å². The Morgan fingerprint density at radius 3 is 2.41 bits per heavy atom. The van der Waals surface area contributed by atoms with Crippen LogP contribution in [0.25, 0.3) is 10.8 Å². The lowest BCUT2D eigenvalue weighted by Crippen LogP contribution is -2.51. The number of amides is 2. The second kappa shape index (κ2) is 10.8. The molecule has 0 aromatic heterocycles. The zero-order chi connectivity index (χ0) is 24.0. The first-order chi connectivity index (χ1) is 16.5. The number of fused-ring (bicyclic) bond motifs is 1. The molecule has 1 aliphatic heterocycles. The minimum Gasteiger partial charge on any atom is -0.494 e. The fourth-order valence-electron chi connectivity index (χ4n) is 4.01.